The summed E-state index contributed by atoms with van der Waals surface area (Å²) < 4.78 is 21.6. The summed E-state index contributed by atoms with van der Waals surface area (Å²) in [6.45, 7) is 5.11. The minimum Gasteiger partial charge on any atom is -0.356 e. The summed E-state index contributed by atoms with van der Waals surface area (Å²) in [5.74, 6) is 0.0824. The molecule has 0 aromatic rings. The van der Waals surface area contributed by atoms with Gasteiger partial charge in [-0.25, -0.2) is 8.42 Å². The minimum absolute atomic E-state index is 0.0401. The Balaban J connectivity index is 3.45. The van der Waals surface area contributed by atoms with E-state index in [0.717, 1.165) is 0 Å². The molecule has 0 aliphatic heterocycles. The number of hydrogen-bond donors (Lipinski definition) is 2. The predicted molar refractivity (Wildman–Crippen MR) is 65.1 cm³/mol. The van der Waals surface area contributed by atoms with Gasteiger partial charge in [-0.05, 0) is 6.42 Å². The number of carbonyl (C=O) groups excluding carboxylic acids is 1. The van der Waals surface area contributed by atoms with E-state index in [9.17, 15) is 13.2 Å². The predicted octanol–water partition coefficient (Wildman–Crippen LogP) is -0.0746. The summed E-state index contributed by atoms with van der Waals surface area (Å²) >= 11 is 0. The minimum atomic E-state index is -2.91. The van der Waals surface area contributed by atoms with Crippen molar-refractivity contribution in [3.8, 4) is 0 Å². The van der Waals surface area contributed by atoms with Gasteiger partial charge in [0.15, 0.2) is 0 Å². The highest BCUT2D eigenvalue weighted by Gasteiger charge is 2.03. The Kier molecular flexibility index (Phi) is 7.33. The monoisotopic (exact) mass is 250 g/mol. The van der Waals surface area contributed by atoms with Crippen molar-refractivity contribution in [1.82, 2.24) is 10.6 Å². The Hall–Kier alpha value is -0.620. The van der Waals surface area contributed by atoms with Crippen LogP contribution in [0.2, 0.25) is 0 Å². The number of sulfone groups is 1. The zero-order chi connectivity index (χ0) is 12.6. The first-order chi connectivity index (χ1) is 7.31. The highest BCUT2D eigenvalue weighted by Crippen LogP contribution is 1.88. The van der Waals surface area contributed by atoms with Crippen LogP contribution in [0.5, 0.6) is 0 Å². The molecular weight excluding hydrogens is 228 g/mol. The van der Waals surface area contributed by atoms with Crippen LogP contribution in [0.25, 0.3) is 0 Å². The third-order valence-electron chi connectivity index (χ3n) is 1.92. The first-order valence-electron chi connectivity index (χ1n) is 5.49. The Morgan fingerprint density at radius 2 is 1.88 bits per heavy atom. The topological polar surface area (TPSA) is 75.3 Å². The summed E-state index contributed by atoms with van der Waals surface area (Å²) in [6, 6.07) is 0.373. The van der Waals surface area contributed by atoms with E-state index in [1.54, 1.807) is 0 Å². The number of hydrogen-bond acceptors (Lipinski definition) is 4. The van der Waals surface area contributed by atoms with Gasteiger partial charge < -0.3 is 10.6 Å². The summed E-state index contributed by atoms with van der Waals surface area (Å²) in [6.07, 6.45) is 2.10. The lowest BCUT2D eigenvalue weighted by atomic mass is 10.3. The van der Waals surface area contributed by atoms with Gasteiger partial charge in [0.05, 0.1) is 5.75 Å². The maximum atomic E-state index is 11.2. The van der Waals surface area contributed by atoms with Gasteiger partial charge in [-0.15, -0.1) is 0 Å². The van der Waals surface area contributed by atoms with Crippen LogP contribution in [-0.2, 0) is 14.6 Å². The molecule has 0 fully saturated rings. The molecule has 0 atom stereocenters. The molecule has 0 aliphatic rings. The van der Waals surface area contributed by atoms with E-state index in [1.807, 2.05) is 13.8 Å². The van der Waals surface area contributed by atoms with E-state index in [2.05, 4.69) is 10.6 Å². The first kappa shape index (κ1) is 15.4. The maximum Gasteiger partial charge on any atom is 0.221 e. The molecule has 0 radical (unpaired) electrons. The van der Waals surface area contributed by atoms with Crippen LogP contribution in [0.1, 0.15) is 26.7 Å². The molecular formula is C10H22N2O3S. The average molecular weight is 250 g/mol. The zero-order valence-electron chi connectivity index (χ0n) is 10.2. The Morgan fingerprint density at radius 1 is 1.25 bits per heavy atom. The Bertz CT molecular complexity index is 299. The van der Waals surface area contributed by atoms with Crippen molar-refractivity contribution >= 4 is 15.7 Å². The summed E-state index contributed by atoms with van der Waals surface area (Å²) in [7, 11) is -2.91. The van der Waals surface area contributed by atoms with Gasteiger partial charge in [0.25, 0.3) is 0 Å². The molecule has 1 amide bonds. The van der Waals surface area contributed by atoms with Gasteiger partial charge >= 0.3 is 0 Å². The van der Waals surface area contributed by atoms with Crippen molar-refractivity contribution in [1.29, 1.82) is 0 Å². The van der Waals surface area contributed by atoms with Crippen molar-refractivity contribution in [3.63, 3.8) is 0 Å². The van der Waals surface area contributed by atoms with Gasteiger partial charge in [0.1, 0.15) is 9.84 Å². The van der Waals surface area contributed by atoms with Gasteiger partial charge in [-0.2, -0.15) is 0 Å². The molecule has 0 aromatic carbocycles. The van der Waals surface area contributed by atoms with E-state index < -0.39 is 9.84 Å². The van der Waals surface area contributed by atoms with Crippen molar-refractivity contribution in [2.45, 2.75) is 32.7 Å². The Labute approximate surface area is 97.9 Å². The van der Waals surface area contributed by atoms with Gasteiger partial charge in [0.2, 0.25) is 5.91 Å². The zero-order valence-corrected chi connectivity index (χ0v) is 11.1. The van der Waals surface area contributed by atoms with Crippen LogP contribution >= 0.6 is 0 Å². The maximum absolute atomic E-state index is 11.2. The smallest absolute Gasteiger partial charge is 0.221 e. The van der Waals surface area contributed by atoms with Gasteiger partial charge in [0, 0.05) is 31.8 Å². The quantitative estimate of drug-likeness (QED) is 0.591. The van der Waals surface area contributed by atoms with E-state index >= 15 is 0 Å². The highest BCUT2D eigenvalue weighted by atomic mass is 32.2. The summed E-state index contributed by atoms with van der Waals surface area (Å²) in [5, 5.41) is 5.82. The van der Waals surface area contributed by atoms with Crippen LogP contribution < -0.4 is 10.6 Å². The number of nitrogens with one attached hydrogen (secondary N) is 2. The lowest BCUT2D eigenvalue weighted by Crippen LogP contribution is -2.31. The molecule has 2 N–H and O–H groups in total. The standard InChI is InChI=1S/C10H22N2O3S/c1-9(2)11-7-5-10(13)12-6-4-8-16(3,14)15/h9,11H,4-8H2,1-3H3,(H,12,13). The van der Waals surface area contributed by atoms with Gasteiger partial charge in [-0.1, -0.05) is 13.8 Å². The molecule has 0 saturated carbocycles. The number of carbonyl (C=O) groups is 1. The molecule has 0 heterocycles. The largest absolute Gasteiger partial charge is 0.356 e. The van der Waals surface area contributed by atoms with E-state index in [1.165, 1.54) is 6.26 Å². The second-order valence-electron chi connectivity index (χ2n) is 4.19. The molecule has 5 nitrogen and oxygen atoms in total. The molecule has 16 heavy (non-hydrogen) atoms. The molecule has 0 saturated heterocycles. The molecule has 6 heteroatoms. The lowest BCUT2D eigenvalue weighted by Gasteiger charge is -2.08. The van der Waals surface area contributed by atoms with E-state index in [-0.39, 0.29) is 11.7 Å². The Morgan fingerprint density at radius 3 is 2.38 bits per heavy atom. The third kappa shape index (κ3) is 11.5. The van der Waals surface area contributed by atoms with Gasteiger partial charge in [-0.3, -0.25) is 4.79 Å². The molecule has 0 aliphatic carbocycles. The van der Waals surface area contributed by atoms with E-state index in [0.29, 0.717) is 32.0 Å². The first-order valence-corrected chi connectivity index (χ1v) is 7.55. The van der Waals surface area contributed by atoms with Crippen LogP contribution in [-0.4, -0.2) is 45.5 Å². The van der Waals surface area contributed by atoms with Crippen LogP contribution in [0, 0.1) is 0 Å². The van der Waals surface area contributed by atoms with E-state index in [4.69, 9.17) is 0 Å². The third-order valence-corrected chi connectivity index (χ3v) is 2.95. The fraction of sp³-hybridized carbons (Fsp3) is 0.900. The SMILES string of the molecule is CC(C)NCCC(=O)NCCCS(C)(=O)=O. The molecule has 96 valence electrons. The van der Waals surface area contributed by atoms with Crippen molar-refractivity contribution < 1.29 is 13.2 Å². The summed E-state index contributed by atoms with van der Waals surface area (Å²) in [5.41, 5.74) is 0. The van der Waals surface area contributed by atoms with Crippen LogP contribution in [0.4, 0.5) is 0 Å². The molecule has 0 rings (SSSR count). The van der Waals surface area contributed by atoms with Crippen LogP contribution in [0.15, 0.2) is 0 Å². The molecule has 0 unspecified atom stereocenters. The highest BCUT2D eigenvalue weighted by molar-refractivity contribution is 7.90. The molecule has 0 aromatic heterocycles. The van der Waals surface area contributed by atoms with Crippen molar-refractivity contribution in [2.75, 3.05) is 25.1 Å². The molecule has 0 spiro atoms. The molecule has 0 bridgehead atoms. The van der Waals surface area contributed by atoms with Crippen molar-refractivity contribution in [2.24, 2.45) is 0 Å². The fourth-order valence-corrected chi connectivity index (χ4v) is 1.79. The second kappa shape index (κ2) is 7.62. The number of rotatable bonds is 8. The average Bonchev–Trinajstić information content (AvgIpc) is 2.10. The fourth-order valence-electron chi connectivity index (χ4n) is 1.12. The second-order valence-corrected chi connectivity index (χ2v) is 6.45. The normalized spacial score (nSPS) is 11.8. The lowest BCUT2D eigenvalue weighted by molar-refractivity contribution is -0.120. The summed E-state index contributed by atoms with van der Waals surface area (Å²) in [4.78, 5) is 11.2. The van der Waals surface area contributed by atoms with Crippen LogP contribution in [0.3, 0.4) is 0 Å². The number of amides is 1. The van der Waals surface area contributed by atoms with Crippen molar-refractivity contribution in [3.05, 3.63) is 0 Å².